The summed E-state index contributed by atoms with van der Waals surface area (Å²) in [5, 5.41) is 30.2. The summed E-state index contributed by atoms with van der Waals surface area (Å²) < 4.78 is 73.0. The van der Waals surface area contributed by atoms with Crippen LogP contribution in [-0.2, 0) is 29.6 Å². The molecule has 0 fully saturated rings. The molecule has 0 atom stereocenters. The number of hydrogen-bond donors (Lipinski definition) is 7. The Labute approximate surface area is 267 Å². The van der Waals surface area contributed by atoms with E-state index >= 15 is 0 Å². The Kier molecular flexibility index (Phi) is 6.81. The Bertz CT molecular complexity index is 3100. The number of H-pyrrole nitrogens is 2. The molecule has 244 valence electrons. The molecule has 7 N–H and O–H groups in total. The van der Waals surface area contributed by atoms with Gasteiger partial charge >= 0.3 is 0 Å². The van der Waals surface area contributed by atoms with Crippen molar-refractivity contribution in [2.24, 2.45) is 0 Å². The minimum absolute atomic E-state index is 0.161. The van der Waals surface area contributed by atoms with Gasteiger partial charge in [0.05, 0.1) is 60.5 Å². The molecule has 1 aromatic heterocycles. The van der Waals surface area contributed by atoms with Crippen molar-refractivity contribution in [2.45, 2.75) is 14.7 Å². The van der Waals surface area contributed by atoms with Crippen molar-refractivity contribution in [3.8, 4) is 11.5 Å². The van der Waals surface area contributed by atoms with Crippen LogP contribution < -0.4 is 21.7 Å². The van der Waals surface area contributed by atoms with Crippen LogP contribution in [0.1, 0.15) is 0 Å². The average molecular weight is 715 g/mol. The third-order valence-electron chi connectivity index (χ3n) is 7.83. The maximum absolute atomic E-state index is 13.9. The zero-order valence-electron chi connectivity index (χ0n) is 23.1. The second-order valence-electron chi connectivity index (χ2n) is 10.4. The number of aromatic hydroxyl groups is 2. The third-order valence-corrected chi connectivity index (χ3v) is 10.2. The van der Waals surface area contributed by atoms with E-state index in [9.17, 15) is 55.3 Å². The van der Waals surface area contributed by atoms with E-state index in [-0.39, 0.29) is 26.6 Å². The molecule has 0 saturated heterocycles. The van der Waals surface area contributed by atoms with Gasteiger partial charge in [-0.2, -0.15) is 16.8 Å². The number of nitrogens with one attached hydrogen (secondary N) is 2. The van der Waals surface area contributed by atoms with Crippen molar-refractivity contribution in [2.75, 3.05) is 0 Å². The summed E-state index contributed by atoms with van der Waals surface area (Å²) in [7, 11) is -10.3. The molecular weight excluding hydrogens is 701 g/mol. The molecule has 0 radical (unpaired) electrons. The fraction of sp³-hybridized carbons (Fsp3) is 0. The van der Waals surface area contributed by atoms with Gasteiger partial charge in [0.2, 0.25) is 0 Å². The summed E-state index contributed by atoms with van der Waals surface area (Å²) in [4.78, 5) is 58.2. The minimum Gasteiger partial charge on any atom is -0.507 e. The molecular formula is C28H14N2O15S3. The van der Waals surface area contributed by atoms with Gasteiger partial charge in [0.25, 0.3) is 20.2 Å². The van der Waals surface area contributed by atoms with Crippen LogP contribution in [0.5, 0.6) is 11.5 Å². The van der Waals surface area contributed by atoms with Crippen LogP contribution in [0.25, 0.3) is 65.2 Å². The summed E-state index contributed by atoms with van der Waals surface area (Å²) in [5.74, 6) is -2.10. The highest BCUT2D eigenvalue weighted by atomic mass is 32.2. The van der Waals surface area contributed by atoms with Crippen LogP contribution in [0.3, 0.4) is 0 Å². The van der Waals surface area contributed by atoms with Gasteiger partial charge in [-0.3, -0.25) is 28.3 Å². The molecule has 0 saturated carbocycles. The number of benzene rings is 6. The van der Waals surface area contributed by atoms with Crippen LogP contribution in [0, 0.1) is 0 Å². The van der Waals surface area contributed by atoms with E-state index in [1.807, 2.05) is 0 Å². The Balaban J connectivity index is 1.75. The molecule has 20 heteroatoms. The molecule has 17 nitrogen and oxygen atoms in total. The van der Waals surface area contributed by atoms with Gasteiger partial charge in [-0.25, -0.2) is 5.26 Å². The van der Waals surface area contributed by atoms with Gasteiger partial charge in [0.15, 0.2) is 32.4 Å². The molecule has 6 aromatic carbocycles. The van der Waals surface area contributed by atoms with Crippen LogP contribution in [-0.4, -0.2) is 51.4 Å². The van der Waals surface area contributed by atoms with Gasteiger partial charge in [-0.05, 0) is 36.4 Å². The molecule has 0 unspecified atom stereocenters. The standard InChI is InChI=1S/C28H14N2O15S3/c31-15-7-14-20(17-16(15)23(32)11-4-2-9(47(38,39)40)6-13(11)26(17)35)30-22-21(29-14)18-19(27(36)28(22)48(41,42)43)24(33)10-3-1-8(46-45-44-37)5-12(10)25(18)34/h1-7,29-31,36-37H,(H,38,39,40)(H,41,42,43). The zero-order valence-corrected chi connectivity index (χ0v) is 25.5. The highest BCUT2D eigenvalue weighted by molar-refractivity contribution is 7.94. The molecule has 7 aromatic rings. The van der Waals surface area contributed by atoms with E-state index in [0.717, 1.165) is 30.3 Å². The predicted molar refractivity (Wildman–Crippen MR) is 170 cm³/mol. The summed E-state index contributed by atoms with van der Waals surface area (Å²) in [6, 6.07) is 7.12. The molecule has 0 spiro atoms. The number of rotatable bonds is 5. The van der Waals surface area contributed by atoms with Crippen molar-refractivity contribution < 1.29 is 50.8 Å². The lowest BCUT2D eigenvalue weighted by molar-refractivity contribution is -0.432. The summed E-state index contributed by atoms with van der Waals surface area (Å²) in [6.07, 6.45) is 0. The quantitative estimate of drug-likeness (QED) is 0.0336. The smallest absolute Gasteiger partial charge is 0.300 e. The first kappa shape index (κ1) is 31.4. The topological polar surface area (TPSA) is 288 Å². The van der Waals surface area contributed by atoms with Crippen LogP contribution >= 0.6 is 12.0 Å². The lowest BCUT2D eigenvalue weighted by Gasteiger charge is -2.15. The molecule has 0 amide bonds. The lowest BCUT2D eigenvalue weighted by Crippen LogP contribution is -2.17. The maximum atomic E-state index is 13.9. The molecule has 48 heavy (non-hydrogen) atoms. The van der Waals surface area contributed by atoms with Crippen molar-refractivity contribution >= 4 is 97.4 Å². The van der Waals surface area contributed by atoms with E-state index in [1.165, 1.54) is 12.1 Å². The fourth-order valence-electron chi connectivity index (χ4n) is 5.90. The second kappa shape index (κ2) is 10.4. The Morgan fingerprint density at radius 1 is 0.625 bits per heavy atom. The van der Waals surface area contributed by atoms with Gasteiger partial charge < -0.3 is 20.2 Å². The van der Waals surface area contributed by atoms with E-state index in [0.29, 0.717) is 12.0 Å². The van der Waals surface area contributed by atoms with E-state index in [4.69, 9.17) is 5.26 Å². The Morgan fingerprint density at radius 3 is 1.83 bits per heavy atom. The molecule has 7 rings (SSSR count). The summed E-state index contributed by atoms with van der Waals surface area (Å²) in [5.41, 5.74) is -5.90. The Morgan fingerprint density at radius 2 is 1.21 bits per heavy atom. The zero-order chi connectivity index (χ0) is 34.6. The van der Waals surface area contributed by atoms with Crippen LogP contribution in [0.4, 0.5) is 0 Å². The van der Waals surface area contributed by atoms with Gasteiger partial charge in [-0.1, -0.05) is 5.04 Å². The lowest BCUT2D eigenvalue weighted by atomic mass is 9.98. The predicted octanol–water partition coefficient (Wildman–Crippen LogP) is 2.47. The number of phenolic OH excluding ortho intramolecular Hbond substituents is 2. The third kappa shape index (κ3) is 4.43. The molecule has 1 heterocycles. The first-order chi connectivity index (χ1) is 22.5. The number of aromatic nitrogens is 2. The second-order valence-corrected chi connectivity index (χ2v) is 14.0. The number of phenols is 2. The first-order valence-electron chi connectivity index (χ1n) is 13.0. The van der Waals surface area contributed by atoms with Crippen molar-refractivity contribution in [3.63, 3.8) is 0 Å². The van der Waals surface area contributed by atoms with Gasteiger partial charge in [0.1, 0.15) is 5.75 Å². The monoisotopic (exact) mass is 714 g/mol. The maximum Gasteiger partial charge on any atom is 0.300 e. The van der Waals surface area contributed by atoms with Crippen molar-refractivity contribution in [3.05, 3.63) is 83.4 Å². The highest BCUT2D eigenvalue weighted by Crippen LogP contribution is 2.39. The normalized spacial score (nSPS) is 12.7. The fourth-order valence-corrected chi connectivity index (χ4v) is 7.56. The SMILES string of the molecule is O=c1c2ccc(S(=O)(=O)O)cc2c(=O)c2c1c(O)cc1[nH]c3c([nH]c12)c(S(=O)(=O)O)c(O)c1c(=O)c2ccc(SOOO)cc2c(=O)c13. The van der Waals surface area contributed by atoms with Crippen molar-refractivity contribution in [1.82, 2.24) is 9.97 Å². The highest BCUT2D eigenvalue weighted by Gasteiger charge is 2.29. The number of aromatic amines is 2. The van der Waals surface area contributed by atoms with Gasteiger partial charge in [-0.15, -0.1) is 4.33 Å². The first-order valence-corrected chi connectivity index (χ1v) is 16.6. The molecule has 0 aliphatic rings. The molecule has 0 bridgehead atoms. The average Bonchev–Trinajstić information content (AvgIpc) is 3.02. The largest absolute Gasteiger partial charge is 0.507 e. The molecule has 0 aliphatic carbocycles. The van der Waals surface area contributed by atoms with Gasteiger partial charge in [0, 0.05) is 32.5 Å². The summed E-state index contributed by atoms with van der Waals surface area (Å²) in [6.45, 7) is 0. The van der Waals surface area contributed by atoms with E-state index in [2.05, 4.69) is 19.3 Å². The minimum atomic E-state index is -5.44. The number of hydrogen-bond acceptors (Lipinski definition) is 14. The number of fused-ring (bicyclic) bond motifs is 8. The van der Waals surface area contributed by atoms with E-state index < -0.39 is 107 Å². The van der Waals surface area contributed by atoms with Crippen molar-refractivity contribution in [1.29, 1.82) is 0 Å². The van der Waals surface area contributed by atoms with Crippen LogP contribution in [0.15, 0.2) is 76.3 Å². The van der Waals surface area contributed by atoms with Crippen LogP contribution in [0.2, 0.25) is 0 Å². The molecule has 0 aliphatic heterocycles. The Hall–Kier alpha value is -5.19. The van der Waals surface area contributed by atoms with E-state index in [1.54, 1.807) is 0 Å². The summed E-state index contributed by atoms with van der Waals surface area (Å²) >= 11 is 0.459.